The van der Waals surface area contributed by atoms with E-state index in [2.05, 4.69) is 0 Å². The number of ether oxygens (including phenoxy) is 4. The van der Waals surface area contributed by atoms with Crippen LogP contribution in [0.4, 0.5) is 26.3 Å². The van der Waals surface area contributed by atoms with Gasteiger partial charge in [0.15, 0.2) is 12.9 Å². The van der Waals surface area contributed by atoms with Gasteiger partial charge in [-0.05, 0) is 69.1 Å². The minimum absolute atomic E-state index is 0.0421. The molecule has 18 heteroatoms. The molecule has 9 nitrogen and oxygen atoms in total. The van der Waals surface area contributed by atoms with Gasteiger partial charge < -0.3 is 18.9 Å². The van der Waals surface area contributed by atoms with Gasteiger partial charge in [0.25, 0.3) is 0 Å². The SMILES string of the molecule is O=C(OCC1CSC(C2CC3CCCC(C(=O)OCC(F)(F)S(=O)(=O)O)(C3)C2)S1)C12CCCC(CC(C3OCC(F)(F)C(F)(F)CO3)C1)C2. The van der Waals surface area contributed by atoms with Crippen LogP contribution in [-0.2, 0) is 38.7 Å². The Morgan fingerprint density at radius 1 is 0.837 bits per heavy atom. The van der Waals surface area contributed by atoms with Gasteiger partial charge in [0, 0.05) is 16.9 Å². The predicted molar refractivity (Wildman–Crippen MR) is 166 cm³/mol. The van der Waals surface area contributed by atoms with E-state index in [1.807, 2.05) is 0 Å². The molecule has 4 saturated carbocycles. The van der Waals surface area contributed by atoms with Crippen LogP contribution >= 0.6 is 23.5 Å². The first kappa shape index (κ1) is 37.8. The first-order chi connectivity index (χ1) is 22.8. The van der Waals surface area contributed by atoms with Crippen molar-refractivity contribution in [3.63, 3.8) is 0 Å². The van der Waals surface area contributed by atoms with Crippen LogP contribution in [0.5, 0.6) is 0 Å². The van der Waals surface area contributed by atoms with Gasteiger partial charge in [-0.25, -0.2) is 0 Å². The summed E-state index contributed by atoms with van der Waals surface area (Å²) in [5.41, 5.74) is -1.90. The normalized spacial score (nSPS) is 39.5. The molecule has 2 heterocycles. The van der Waals surface area contributed by atoms with Gasteiger partial charge in [0.2, 0.25) is 0 Å². The second-order valence-corrected chi connectivity index (χ2v) is 19.5. The van der Waals surface area contributed by atoms with Crippen molar-refractivity contribution in [3.8, 4) is 0 Å². The monoisotopic (exact) mass is 768 g/mol. The molecule has 6 aliphatic rings. The van der Waals surface area contributed by atoms with Crippen molar-refractivity contribution in [2.45, 2.75) is 110 Å². The van der Waals surface area contributed by atoms with Crippen LogP contribution in [-0.4, -0.2) is 90.3 Å². The van der Waals surface area contributed by atoms with E-state index in [1.165, 1.54) is 0 Å². The number of halogens is 6. The summed E-state index contributed by atoms with van der Waals surface area (Å²) in [6.45, 7) is -4.55. The van der Waals surface area contributed by atoms with E-state index in [0.717, 1.165) is 25.7 Å². The van der Waals surface area contributed by atoms with E-state index in [4.69, 9.17) is 23.5 Å². The van der Waals surface area contributed by atoms with E-state index in [-0.39, 0.29) is 40.6 Å². The fraction of sp³-hybridized carbons (Fsp3) is 0.935. The van der Waals surface area contributed by atoms with Gasteiger partial charge in [-0.2, -0.15) is 34.8 Å². The summed E-state index contributed by atoms with van der Waals surface area (Å²) in [6.07, 6.45) is 5.91. The van der Waals surface area contributed by atoms with Crippen molar-refractivity contribution in [1.82, 2.24) is 0 Å². The third-order valence-electron chi connectivity index (χ3n) is 11.4. The lowest BCUT2D eigenvalue weighted by molar-refractivity contribution is -0.222. The quantitative estimate of drug-likeness (QED) is 0.156. The first-order valence-corrected chi connectivity index (χ1v) is 20.2. The molecular formula is C31H42F6O9S3. The molecule has 0 aromatic rings. The molecule has 6 rings (SSSR count). The van der Waals surface area contributed by atoms with Gasteiger partial charge in [0.05, 0.1) is 15.4 Å². The second kappa shape index (κ2) is 13.8. The third-order valence-corrected chi connectivity index (χ3v) is 15.9. The molecule has 0 aromatic carbocycles. The standard InChI is InChI=1S/C31H42F6O9S3/c32-29(33)15-44-23(45-16-30(29,34)35)20-7-18-3-1-5-27(9-18,11-20)25(38)43-13-22-14-47-24(48-22)21-8-19-4-2-6-28(10-19,12-21)26(39)46-17-31(36,37)49(40,41)42/h18-24H,1-17H2,(H,40,41,42). The van der Waals surface area contributed by atoms with Crippen molar-refractivity contribution in [2.75, 3.05) is 32.2 Å². The third kappa shape index (κ3) is 7.74. The lowest BCUT2D eigenvalue weighted by atomic mass is 9.58. The van der Waals surface area contributed by atoms with Crippen LogP contribution in [0.25, 0.3) is 0 Å². The number of carbonyl (C=O) groups excluding carboxylic acids is 2. The zero-order valence-electron chi connectivity index (χ0n) is 26.8. The number of esters is 2. The molecule has 2 saturated heterocycles. The molecule has 8 unspecified atom stereocenters. The molecular weight excluding hydrogens is 727 g/mol. The number of rotatable bonds is 9. The maximum atomic E-state index is 13.9. The minimum Gasteiger partial charge on any atom is -0.464 e. The molecule has 0 amide bonds. The highest BCUT2D eigenvalue weighted by Crippen LogP contribution is 2.58. The molecule has 8 atom stereocenters. The van der Waals surface area contributed by atoms with E-state index >= 15 is 0 Å². The summed E-state index contributed by atoms with van der Waals surface area (Å²) in [5.74, 6) is -9.52. The summed E-state index contributed by atoms with van der Waals surface area (Å²) < 4.78 is 135. The van der Waals surface area contributed by atoms with E-state index in [9.17, 15) is 44.3 Å². The molecule has 1 N–H and O–H groups in total. The van der Waals surface area contributed by atoms with Crippen molar-refractivity contribution in [1.29, 1.82) is 0 Å². The maximum absolute atomic E-state index is 13.9. The molecule has 49 heavy (non-hydrogen) atoms. The summed E-state index contributed by atoms with van der Waals surface area (Å²) in [5, 5.41) is -4.66. The van der Waals surface area contributed by atoms with Crippen LogP contribution in [0, 0.1) is 34.5 Å². The highest BCUT2D eigenvalue weighted by molar-refractivity contribution is 8.20. The Morgan fingerprint density at radius 3 is 1.94 bits per heavy atom. The Balaban J connectivity index is 1.04. The number of thioether (sulfide) groups is 2. The lowest BCUT2D eigenvalue weighted by Crippen LogP contribution is -2.47. The van der Waals surface area contributed by atoms with Crippen molar-refractivity contribution < 1.29 is 67.8 Å². The predicted octanol–water partition coefficient (Wildman–Crippen LogP) is 6.54. The molecule has 280 valence electrons. The van der Waals surface area contributed by atoms with Crippen LogP contribution in [0.2, 0.25) is 0 Å². The molecule has 6 fully saturated rings. The van der Waals surface area contributed by atoms with Crippen molar-refractivity contribution in [3.05, 3.63) is 0 Å². The fourth-order valence-electron chi connectivity index (χ4n) is 9.13. The van der Waals surface area contributed by atoms with Gasteiger partial charge in [-0.1, -0.05) is 25.7 Å². The smallest absolute Gasteiger partial charge is 0.402 e. The average Bonchev–Trinajstić information content (AvgIpc) is 3.46. The minimum atomic E-state index is -5.74. The summed E-state index contributed by atoms with van der Waals surface area (Å²) in [6, 6.07) is 0. The van der Waals surface area contributed by atoms with Gasteiger partial charge in [-0.15, -0.1) is 23.5 Å². The van der Waals surface area contributed by atoms with Crippen LogP contribution in [0.3, 0.4) is 0 Å². The maximum Gasteiger partial charge on any atom is 0.402 e. The molecule has 0 aromatic heterocycles. The second-order valence-electron chi connectivity index (χ2n) is 15.0. The summed E-state index contributed by atoms with van der Waals surface area (Å²) in [7, 11) is -5.74. The van der Waals surface area contributed by atoms with E-state index in [1.54, 1.807) is 23.5 Å². The molecule has 4 bridgehead atoms. The van der Waals surface area contributed by atoms with Crippen molar-refractivity contribution >= 4 is 45.6 Å². The Bertz CT molecular complexity index is 1350. The first-order valence-electron chi connectivity index (χ1n) is 16.8. The number of carbonyl (C=O) groups is 2. The van der Waals surface area contributed by atoms with E-state index < -0.39 is 82.0 Å². The number of fused-ring (bicyclic) bond motifs is 4. The highest BCUT2D eigenvalue weighted by Gasteiger charge is 2.60. The zero-order valence-corrected chi connectivity index (χ0v) is 29.2. The van der Waals surface area contributed by atoms with Gasteiger partial charge in [-0.3, -0.25) is 14.1 Å². The Morgan fingerprint density at radius 2 is 1.37 bits per heavy atom. The zero-order chi connectivity index (χ0) is 35.5. The summed E-state index contributed by atoms with van der Waals surface area (Å²) >= 11 is 3.32. The lowest BCUT2D eigenvalue weighted by Gasteiger charge is -2.48. The molecule has 0 radical (unpaired) electrons. The Labute approximate surface area is 289 Å². The van der Waals surface area contributed by atoms with Crippen molar-refractivity contribution in [2.24, 2.45) is 34.5 Å². The highest BCUT2D eigenvalue weighted by atomic mass is 32.2. The van der Waals surface area contributed by atoms with Crippen LogP contribution < -0.4 is 0 Å². The molecule has 0 spiro atoms. The fourth-order valence-corrected chi connectivity index (χ4v) is 12.8. The average molecular weight is 769 g/mol. The van der Waals surface area contributed by atoms with Crippen LogP contribution in [0.15, 0.2) is 0 Å². The van der Waals surface area contributed by atoms with E-state index in [0.29, 0.717) is 50.7 Å². The topological polar surface area (TPSA) is 125 Å². The Hall–Kier alpha value is -0.950. The number of alkyl halides is 6. The molecule has 2 aliphatic heterocycles. The molecule has 4 aliphatic carbocycles. The Kier molecular flexibility index (Phi) is 10.6. The number of hydrogen-bond acceptors (Lipinski definition) is 10. The summed E-state index contributed by atoms with van der Waals surface area (Å²) in [4.78, 5) is 26.9. The van der Waals surface area contributed by atoms with Crippen LogP contribution in [0.1, 0.15) is 77.0 Å². The van der Waals surface area contributed by atoms with Gasteiger partial charge >= 0.3 is 39.2 Å². The number of hydrogen-bond donors (Lipinski definition) is 1. The largest absolute Gasteiger partial charge is 0.464 e. The van der Waals surface area contributed by atoms with Gasteiger partial charge in [0.1, 0.15) is 19.8 Å².